The highest BCUT2D eigenvalue weighted by molar-refractivity contribution is 5.38. The van der Waals surface area contributed by atoms with Gasteiger partial charge in [-0.2, -0.15) is 5.10 Å². The molecule has 0 amide bonds. The van der Waals surface area contributed by atoms with Crippen LogP contribution in [0.3, 0.4) is 0 Å². The summed E-state index contributed by atoms with van der Waals surface area (Å²) in [5.41, 5.74) is 0.856. The fraction of sp³-hybridized carbons (Fsp3) is 0.714. The van der Waals surface area contributed by atoms with E-state index in [4.69, 9.17) is 4.74 Å². The van der Waals surface area contributed by atoms with Crippen molar-refractivity contribution in [2.75, 3.05) is 38.3 Å². The Morgan fingerprint density at radius 2 is 2.26 bits per heavy atom. The summed E-state index contributed by atoms with van der Waals surface area (Å²) in [7, 11) is 1.71. The number of aryl methyl sites for hydroxylation is 1. The Morgan fingerprint density at radius 3 is 2.89 bits per heavy atom. The first-order valence-electron chi connectivity index (χ1n) is 6.84. The zero-order chi connectivity index (χ0) is 13.7. The number of piperidine rings is 1. The summed E-state index contributed by atoms with van der Waals surface area (Å²) >= 11 is 0. The molecule has 1 aliphatic rings. The number of methoxy groups -OCH3 is 1. The largest absolute Gasteiger partial charge is 0.396 e. The molecule has 106 valence electrons. The van der Waals surface area contributed by atoms with Crippen molar-refractivity contribution in [3.8, 4) is 0 Å². The number of ether oxygens (including phenoxy) is 1. The van der Waals surface area contributed by atoms with E-state index in [1.807, 2.05) is 19.1 Å². The van der Waals surface area contributed by atoms with Crippen LogP contribution in [0.15, 0.2) is 12.1 Å². The van der Waals surface area contributed by atoms with Crippen molar-refractivity contribution in [1.29, 1.82) is 0 Å². The molecule has 1 fully saturated rings. The monoisotopic (exact) mass is 265 g/mol. The number of rotatable bonds is 5. The molecule has 1 aliphatic heterocycles. The lowest BCUT2D eigenvalue weighted by Gasteiger charge is -2.42. The molecular formula is C14H23N3O2. The average Bonchev–Trinajstić information content (AvgIpc) is 2.46. The van der Waals surface area contributed by atoms with Crippen molar-refractivity contribution in [3.63, 3.8) is 0 Å². The minimum absolute atomic E-state index is 0.0686. The van der Waals surface area contributed by atoms with E-state index in [1.54, 1.807) is 7.11 Å². The molecule has 5 nitrogen and oxygen atoms in total. The molecule has 1 aromatic heterocycles. The second-order valence-electron chi connectivity index (χ2n) is 5.46. The maximum atomic E-state index is 9.76. The minimum Gasteiger partial charge on any atom is -0.396 e. The van der Waals surface area contributed by atoms with Crippen LogP contribution in [0.25, 0.3) is 0 Å². The van der Waals surface area contributed by atoms with Crippen LogP contribution in [0.5, 0.6) is 0 Å². The van der Waals surface area contributed by atoms with Crippen LogP contribution in [0.4, 0.5) is 5.82 Å². The van der Waals surface area contributed by atoms with E-state index >= 15 is 0 Å². The Hall–Kier alpha value is -1.20. The quantitative estimate of drug-likeness (QED) is 0.872. The Bertz CT molecular complexity index is 396. The second-order valence-corrected chi connectivity index (χ2v) is 5.46. The molecule has 0 aliphatic carbocycles. The molecule has 1 saturated heterocycles. The lowest BCUT2D eigenvalue weighted by atomic mass is 9.78. The van der Waals surface area contributed by atoms with Gasteiger partial charge in [0.05, 0.1) is 12.3 Å². The predicted octanol–water partition coefficient (Wildman–Crippen LogP) is 1.40. The van der Waals surface area contributed by atoms with Gasteiger partial charge in [0.15, 0.2) is 5.82 Å². The molecule has 2 rings (SSSR count). The fourth-order valence-electron chi connectivity index (χ4n) is 2.69. The van der Waals surface area contributed by atoms with Crippen LogP contribution >= 0.6 is 0 Å². The average molecular weight is 265 g/mol. The summed E-state index contributed by atoms with van der Waals surface area (Å²) in [5, 5.41) is 18.1. The van der Waals surface area contributed by atoms with Crippen molar-refractivity contribution < 1.29 is 9.84 Å². The minimum atomic E-state index is -0.0686. The molecule has 0 unspecified atom stereocenters. The van der Waals surface area contributed by atoms with Crippen LogP contribution in [0.1, 0.15) is 25.0 Å². The maximum absolute atomic E-state index is 9.76. The van der Waals surface area contributed by atoms with Gasteiger partial charge < -0.3 is 14.7 Å². The molecule has 1 N–H and O–H groups in total. The van der Waals surface area contributed by atoms with E-state index in [0.717, 1.165) is 43.9 Å². The van der Waals surface area contributed by atoms with Crippen LogP contribution in [0, 0.1) is 12.3 Å². The molecule has 1 aromatic rings. The molecule has 0 radical (unpaired) electrons. The molecule has 0 aromatic carbocycles. The van der Waals surface area contributed by atoms with Crippen molar-refractivity contribution in [3.05, 3.63) is 17.8 Å². The topological polar surface area (TPSA) is 58.5 Å². The van der Waals surface area contributed by atoms with Gasteiger partial charge in [-0.1, -0.05) is 0 Å². The summed E-state index contributed by atoms with van der Waals surface area (Å²) in [6.07, 6.45) is 3.00. The summed E-state index contributed by atoms with van der Waals surface area (Å²) in [6, 6.07) is 3.98. The third-order valence-corrected chi connectivity index (χ3v) is 3.94. The van der Waals surface area contributed by atoms with Gasteiger partial charge in [-0.25, -0.2) is 0 Å². The van der Waals surface area contributed by atoms with E-state index in [-0.39, 0.29) is 12.0 Å². The van der Waals surface area contributed by atoms with E-state index in [2.05, 4.69) is 15.1 Å². The molecular weight excluding hydrogens is 242 g/mol. The summed E-state index contributed by atoms with van der Waals surface area (Å²) in [4.78, 5) is 2.22. The van der Waals surface area contributed by atoms with E-state index < -0.39 is 0 Å². The number of aliphatic hydroxyl groups excluding tert-OH is 1. The Labute approximate surface area is 114 Å². The second kappa shape index (κ2) is 6.30. The highest BCUT2D eigenvalue weighted by atomic mass is 16.5. The van der Waals surface area contributed by atoms with Crippen molar-refractivity contribution in [2.24, 2.45) is 5.41 Å². The number of hydrogen-bond acceptors (Lipinski definition) is 5. The normalized spacial score (nSPS) is 23.6. The number of hydrogen-bond donors (Lipinski definition) is 1. The Kier molecular flexibility index (Phi) is 4.71. The van der Waals surface area contributed by atoms with E-state index in [1.165, 1.54) is 0 Å². The zero-order valence-electron chi connectivity index (χ0n) is 11.8. The first-order valence-corrected chi connectivity index (χ1v) is 6.84. The van der Waals surface area contributed by atoms with Gasteiger partial charge in [-0.15, -0.1) is 5.10 Å². The van der Waals surface area contributed by atoms with Gasteiger partial charge in [-0.3, -0.25) is 0 Å². The van der Waals surface area contributed by atoms with Crippen LogP contribution < -0.4 is 4.90 Å². The summed E-state index contributed by atoms with van der Waals surface area (Å²) in [6.45, 7) is 4.63. The van der Waals surface area contributed by atoms with Gasteiger partial charge in [-0.05, 0) is 38.3 Å². The molecule has 0 spiro atoms. The molecule has 0 bridgehead atoms. The molecule has 2 heterocycles. The lowest BCUT2D eigenvalue weighted by molar-refractivity contribution is 0.0624. The highest BCUT2D eigenvalue weighted by Crippen LogP contribution is 2.34. The number of aromatic nitrogens is 2. The Morgan fingerprint density at radius 1 is 1.42 bits per heavy atom. The van der Waals surface area contributed by atoms with Crippen LogP contribution in [0.2, 0.25) is 0 Å². The first kappa shape index (κ1) is 14.2. The van der Waals surface area contributed by atoms with Gasteiger partial charge in [0.25, 0.3) is 0 Å². The maximum Gasteiger partial charge on any atom is 0.151 e. The van der Waals surface area contributed by atoms with Crippen molar-refractivity contribution in [2.45, 2.75) is 26.2 Å². The third kappa shape index (κ3) is 3.42. The molecule has 5 heteroatoms. The SMILES string of the molecule is COCC[C@]1(CO)CCCN(c2ccc(C)nn2)C1. The number of aliphatic hydroxyl groups is 1. The third-order valence-electron chi connectivity index (χ3n) is 3.94. The first-order chi connectivity index (χ1) is 9.19. The number of nitrogens with zero attached hydrogens (tertiary/aromatic N) is 3. The summed E-state index contributed by atoms with van der Waals surface area (Å²) < 4.78 is 5.17. The van der Waals surface area contributed by atoms with Crippen molar-refractivity contribution in [1.82, 2.24) is 10.2 Å². The van der Waals surface area contributed by atoms with Crippen LogP contribution in [-0.2, 0) is 4.74 Å². The van der Waals surface area contributed by atoms with E-state index in [9.17, 15) is 5.11 Å². The summed E-state index contributed by atoms with van der Waals surface area (Å²) in [5.74, 6) is 0.903. The van der Waals surface area contributed by atoms with Crippen molar-refractivity contribution >= 4 is 5.82 Å². The standard InChI is InChI=1S/C14H23N3O2/c1-12-4-5-13(16-15-12)17-8-3-6-14(10-17,11-18)7-9-19-2/h4-5,18H,3,6-11H2,1-2H3/t14-/m1/s1. The molecule has 19 heavy (non-hydrogen) atoms. The van der Waals surface area contributed by atoms with Gasteiger partial charge in [0.2, 0.25) is 0 Å². The van der Waals surface area contributed by atoms with Gasteiger partial charge in [0, 0.05) is 32.2 Å². The zero-order valence-corrected chi connectivity index (χ0v) is 11.8. The highest BCUT2D eigenvalue weighted by Gasteiger charge is 2.35. The van der Waals surface area contributed by atoms with Crippen LogP contribution in [-0.4, -0.2) is 48.7 Å². The molecule has 0 saturated carbocycles. The smallest absolute Gasteiger partial charge is 0.151 e. The predicted molar refractivity (Wildman–Crippen MR) is 74.2 cm³/mol. The lowest BCUT2D eigenvalue weighted by Crippen LogP contribution is -2.46. The fourth-order valence-corrected chi connectivity index (χ4v) is 2.69. The van der Waals surface area contributed by atoms with E-state index in [0.29, 0.717) is 6.61 Å². The number of anilines is 1. The van der Waals surface area contributed by atoms with Gasteiger partial charge >= 0.3 is 0 Å². The van der Waals surface area contributed by atoms with Gasteiger partial charge in [0.1, 0.15) is 0 Å². The Balaban J connectivity index is 2.08. The molecule has 1 atom stereocenters.